The van der Waals surface area contributed by atoms with Gasteiger partial charge in [0, 0.05) is 13.1 Å². The fourth-order valence-corrected chi connectivity index (χ4v) is 4.71. The summed E-state index contributed by atoms with van der Waals surface area (Å²) >= 11 is 6.25. The molecule has 1 saturated heterocycles. The van der Waals surface area contributed by atoms with Crippen LogP contribution in [0.5, 0.6) is 0 Å². The van der Waals surface area contributed by atoms with E-state index in [0.717, 1.165) is 19.3 Å². The lowest BCUT2D eigenvalue weighted by molar-refractivity contribution is 0.0730. The van der Waals surface area contributed by atoms with E-state index in [1.165, 1.54) is 22.5 Å². The van der Waals surface area contributed by atoms with Gasteiger partial charge in [-0.2, -0.15) is 9.29 Å². The van der Waals surface area contributed by atoms with Gasteiger partial charge in [-0.25, -0.2) is 8.42 Å². The zero-order valence-electron chi connectivity index (χ0n) is 14.4. The van der Waals surface area contributed by atoms with E-state index in [2.05, 4.69) is 10.1 Å². The summed E-state index contributed by atoms with van der Waals surface area (Å²) in [6.07, 6.45) is 2.62. The van der Waals surface area contributed by atoms with Gasteiger partial charge in [-0.1, -0.05) is 16.8 Å². The van der Waals surface area contributed by atoms with E-state index in [-0.39, 0.29) is 23.2 Å². The van der Waals surface area contributed by atoms with Crippen molar-refractivity contribution in [1.29, 1.82) is 0 Å². The first kappa shape index (κ1) is 20.5. The fraction of sp³-hybridized carbons (Fsp3) is 0.500. The van der Waals surface area contributed by atoms with Gasteiger partial charge in [0.1, 0.15) is 0 Å². The largest absolute Gasteiger partial charge is 0.379 e. The Bertz CT molecular complexity index is 924. The van der Waals surface area contributed by atoms with Crippen molar-refractivity contribution < 1.29 is 17.7 Å². The summed E-state index contributed by atoms with van der Waals surface area (Å²) in [5.74, 6) is 0.594. The van der Waals surface area contributed by atoms with E-state index in [0.29, 0.717) is 42.7 Å². The van der Waals surface area contributed by atoms with Crippen LogP contribution in [0.25, 0.3) is 11.5 Å². The maximum Gasteiger partial charge on any atom is 0.259 e. The van der Waals surface area contributed by atoms with Crippen LogP contribution in [-0.4, -0.2) is 49.2 Å². The van der Waals surface area contributed by atoms with Crippen LogP contribution in [0.3, 0.4) is 0 Å². The SMILES string of the molecule is Cl.NC1(c2noc(-c3cc(S(=O)(=O)N4CCOCC4)ccc3Cl)n2)CCC1. The zero-order valence-corrected chi connectivity index (χ0v) is 16.8. The topological polar surface area (TPSA) is 112 Å². The summed E-state index contributed by atoms with van der Waals surface area (Å²) in [5.41, 5.74) is 6.03. The molecular formula is C16H20Cl2N4O4S. The van der Waals surface area contributed by atoms with Gasteiger partial charge in [-0.15, -0.1) is 12.4 Å². The average molecular weight is 435 g/mol. The lowest BCUT2D eigenvalue weighted by atomic mass is 9.77. The number of rotatable bonds is 4. The fourth-order valence-electron chi connectivity index (χ4n) is 3.08. The maximum absolute atomic E-state index is 12.8. The normalized spacial score (nSPS) is 19.9. The van der Waals surface area contributed by atoms with Crippen molar-refractivity contribution in [2.45, 2.75) is 29.7 Å². The first-order valence-corrected chi connectivity index (χ1v) is 10.2. The third-order valence-electron chi connectivity index (χ3n) is 4.89. The molecule has 1 aliphatic heterocycles. The summed E-state index contributed by atoms with van der Waals surface area (Å²) < 4.78 is 37.6. The minimum atomic E-state index is -3.64. The second-order valence-electron chi connectivity index (χ2n) is 6.59. The maximum atomic E-state index is 12.8. The minimum absolute atomic E-state index is 0. The average Bonchev–Trinajstić information content (AvgIpc) is 3.11. The van der Waals surface area contributed by atoms with Gasteiger partial charge in [0.25, 0.3) is 5.89 Å². The molecule has 11 heteroatoms. The quantitative estimate of drug-likeness (QED) is 0.784. The predicted molar refractivity (Wildman–Crippen MR) is 101 cm³/mol. The number of benzene rings is 1. The predicted octanol–water partition coefficient (Wildman–Crippen LogP) is 2.17. The van der Waals surface area contributed by atoms with E-state index >= 15 is 0 Å². The summed E-state index contributed by atoms with van der Waals surface area (Å²) in [4.78, 5) is 4.48. The third kappa shape index (κ3) is 3.72. The van der Waals surface area contributed by atoms with E-state index < -0.39 is 15.6 Å². The molecule has 0 spiro atoms. The highest BCUT2D eigenvalue weighted by Gasteiger charge is 2.39. The Morgan fingerprint density at radius 1 is 1.22 bits per heavy atom. The number of sulfonamides is 1. The molecule has 2 aliphatic rings. The molecular weight excluding hydrogens is 415 g/mol. The molecule has 0 amide bonds. The van der Waals surface area contributed by atoms with Crippen LogP contribution in [0.15, 0.2) is 27.6 Å². The van der Waals surface area contributed by atoms with Crippen LogP contribution in [0.4, 0.5) is 0 Å². The van der Waals surface area contributed by atoms with E-state index in [9.17, 15) is 8.42 Å². The Morgan fingerprint density at radius 2 is 1.93 bits per heavy atom. The lowest BCUT2D eigenvalue weighted by Crippen LogP contribution is -2.44. The van der Waals surface area contributed by atoms with Crippen LogP contribution in [0.1, 0.15) is 25.1 Å². The molecule has 1 aliphatic carbocycles. The number of nitrogens with zero attached hydrogens (tertiary/aromatic N) is 3. The van der Waals surface area contributed by atoms with Gasteiger partial charge < -0.3 is 15.0 Å². The highest BCUT2D eigenvalue weighted by molar-refractivity contribution is 7.89. The molecule has 1 aromatic carbocycles. The number of nitrogens with two attached hydrogens (primary N) is 1. The van der Waals surface area contributed by atoms with Gasteiger partial charge in [-0.05, 0) is 37.5 Å². The number of hydrogen-bond donors (Lipinski definition) is 1. The Labute approximate surface area is 168 Å². The standard InChI is InChI=1S/C16H19ClN4O4S.ClH/c17-13-3-2-11(26(22,23)21-6-8-24-9-7-21)10-12(13)14-19-15(20-25-14)16(18)4-1-5-16;/h2-3,10H,1,4-9,18H2;1H. The second kappa shape index (κ2) is 7.65. The molecule has 148 valence electrons. The van der Waals surface area contributed by atoms with E-state index in [4.69, 9.17) is 26.6 Å². The monoisotopic (exact) mass is 434 g/mol. The van der Waals surface area contributed by atoms with Crippen LogP contribution >= 0.6 is 24.0 Å². The number of aromatic nitrogens is 2. The van der Waals surface area contributed by atoms with Gasteiger partial charge >= 0.3 is 0 Å². The molecule has 0 unspecified atom stereocenters. The van der Waals surface area contributed by atoms with Crippen molar-refractivity contribution in [3.05, 3.63) is 29.0 Å². The van der Waals surface area contributed by atoms with Crippen molar-refractivity contribution >= 4 is 34.0 Å². The highest BCUT2D eigenvalue weighted by atomic mass is 35.5. The Hall–Kier alpha value is -1.23. The molecule has 4 rings (SSSR count). The molecule has 8 nitrogen and oxygen atoms in total. The Kier molecular flexibility index (Phi) is 5.81. The van der Waals surface area contributed by atoms with Gasteiger partial charge in [-0.3, -0.25) is 0 Å². The van der Waals surface area contributed by atoms with Crippen LogP contribution in [0.2, 0.25) is 5.02 Å². The number of halogens is 2. The van der Waals surface area contributed by atoms with Crippen LogP contribution < -0.4 is 5.73 Å². The summed E-state index contributed by atoms with van der Waals surface area (Å²) in [6, 6.07) is 4.47. The van der Waals surface area contributed by atoms with Crippen LogP contribution in [0, 0.1) is 0 Å². The van der Waals surface area contributed by atoms with E-state index in [1.807, 2.05) is 0 Å². The van der Waals surface area contributed by atoms with Crippen molar-refractivity contribution in [3.63, 3.8) is 0 Å². The first-order valence-electron chi connectivity index (χ1n) is 8.41. The van der Waals surface area contributed by atoms with E-state index in [1.54, 1.807) is 0 Å². The second-order valence-corrected chi connectivity index (χ2v) is 8.94. The molecule has 0 radical (unpaired) electrons. The molecule has 2 aromatic rings. The molecule has 2 fully saturated rings. The molecule has 1 saturated carbocycles. The van der Waals surface area contributed by atoms with Gasteiger partial charge in [0.15, 0.2) is 5.82 Å². The summed E-state index contributed by atoms with van der Waals surface area (Å²) in [6.45, 7) is 1.40. The van der Waals surface area contributed by atoms with Crippen molar-refractivity contribution in [3.8, 4) is 11.5 Å². The molecule has 0 bridgehead atoms. The third-order valence-corrected chi connectivity index (χ3v) is 7.12. The lowest BCUT2D eigenvalue weighted by Gasteiger charge is -2.34. The molecule has 27 heavy (non-hydrogen) atoms. The minimum Gasteiger partial charge on any atom is -0.379 e. The molecule has 0 atom stereocenters. The Morgan fingerprint density at radius 3 is 2.56 bits per heavy atom. The number of hydrogen-bond acceptors (Lipinski definition) is 7. The molecule has 2 N–H and O–H groups in total. The van der Waals surface area contributed by atoms with Crippen molar-refractivity contribution in [1.82, 2.24) is 14.4 Å². The zero-order chi connectivity index (χ0) is 18.4. The number of ether oxygens (including phenoxy) is 1. The highest BCUT2D eigenvalue weighted by Crippen LogP contribution is 2.38. The van der Waals surface area contributed by atoms with Gasteiger partial charge in [0.05, 0.1) is 34.2 Å². The molecule has 1 aromatic heterocycles. The smallest absolute Gasteiger partial charge is 0.259 e. The molecule has 2 heterocycles. The van der Waals surface area contributed by atoms with Crippen LogP contribution in [-0.2, 0) is 20.3 Å². The number of morpholine rings is 1. The van der Waals surface area contributed by atoms with Crippen molar-refractivity contribution in [2.24, 2.45) is 5.73 Å². The van der Waals surface area contributed by atoms with Crippen molar-refractivity contribution in [2.75, 3.05) is 26.3 Å². The first-order chi connectivity index (χ1) is 12.4. The van der Waals surface area contributed by atoms with Gasteiger partial charge in [0.2, 0.25) is 10.0 Å². The summed E-state index contributed by atoms with van der Waals surface area (Å²) in [7, 11) is -3.64. The Balaban J connectivity index is 0.00000210. The summed E-state index contributed by atoms with van der Waals surface area (Å²) in [5, 5.41) is 4.30.